The second-order valence-corrected chi connectivity index (χ2v) is 8.08. The summed E-state index contributed by atoms with van der Waals surface area (Å²) in [4.78, 5) is 13.6. The number of hydrogen-bond donors (Lipinski definition) is 1. The molecule has 0 aromatic rings. The van der Waals surface area contributed by atoms with Gasteiger partial charge in [-0.15, -0.1) is 0 Å². The zero-order valence-corrected chi connectivity index (χ0v) is 13.8. The summed E-state index contributed by atoms with van der Waals surface area (Å²) in [5.41, 5.74) is 0. The summed E-state index contributed by atoms with van der Waals surface area (Å²) in [5.74, 6) is 0.569. The Hall–Kier alpha value is -0.620. The third kappa shape index (κ3) is 7.52. The molecule has 1 amide bonds. The van der Waals surface area contributed by atoms with Crippen LogP contribution in [0.5, 0.6) is 0 Å². The van der Waals surface area contributed by atoms with Gasteiger partial charge in [0.2, 0.25) is 5.91 Å². The van der Waals surface area contributed by atoms with Crippen molar-refractivity contribution in [2.75, 3.05) is 25.6 Å². The Kier molecular flexibility index (Phi) is 7.59. The number of nitrogens with one attached hydrogen (secondary N) is 1. The molecule has 0 saturated carbocycles. The molecule has 5 nitrogen and oxygen atoms in total. The van der Waals surface area contributed by atoms with Crippen molar-refractivity contribution >= 4 is 15.7 Å². The summed E-state index contributed by atoms with van der Waals surface area (Å²) >= 11 is 0. The lowest BCUT2D eigenvalue weighted by Crippen LogP contribution is -2.49. The minimum atomic E-state index is -3.03. The number of likely N-dealkylation sites (N-methyl/N-ethyl adjacent to an activating group) is 1. The second kappa shape index (κ2) is 7.85. The summed E-state index contributed by atoms with van der Waals surface area (Å²) in [7, 11) is 0.400. The topological polar surface area (TPSA) is 66.5 Å². The highest BCUT2D eigenvalue weighted by atomic mass is 32.2. The minimum Gasteiger partial charge on any atom is -0.347 e. The third-order valence-electron chi connectivity index (χ3n) is 2.88. The van der Waals surface area contributed by atoms with Crippen molar-refractivity contribution in [2.24, 2.45) is 5.92 Å². The molecule has 0 aromatic heterocycles. The van der Waals surface area contributed by atoms with Crippen molar-refractivity contribution in [3.63, 3.8) is 0 Å². The van der Waals surface area contributed by atoms with Crippen LogP contribution in [0.25, 0.3) is 0 Å². The second-order valence-electron chi connectivity index (χ2n) is 5.68. The van der Waals surface area contributed by atoms with Crippen molar-refractivity contribution in [3.05, 3.63) is 0 Å². The molecule has 0 heterocycles. The normalized spacial score (nSPS) is 15.3. The van der Waals surface area contributed by atoms with Gasteiger partial charge in [0.25, 0.3) is 0 Å². The first kappa shape index (κ1) is 18.4. The van der Waals surface area contributed by atoms with E-state index in [1.165, 1.54) is 0 Å². The van der Waals surface area contributed by atoms with Gasteiger partial charge in [-0.05, 0) is 19.3 Å². The number of sulfone groups is 1. The van der Waals surface area contributed by atoms with Crippen LogP contribution >= 0.6 is 0 Å². The van der Waals surface area contributed by atoms with Crippen molar-refractivity contribution in [1.82, 2.24) is 10.2 Å². The summed E-state index contributed by atoms with van der Waals surface area (Å²) in [6.45, 7) is 7.54. The first-order valence-corrected chi connectivity index (χ1v) is 8.58. The molecule has 2 atom stereocenters. The summed E-state index contributed by atoms with van der Waals surface area (Å²) in [5, 5.41) is 3.15. The molecular weight excluding hydrogens is 264 g/mol. The van der Waals surface area contributed by atoms with Gasteiger partial charge in [0.1, 0.15) is 0 Å². The standard InChI is InChI=1S/C13H28N2O3S/c1-7-19(17,18)9-11(4)14-12(8-10(2)3)13(16)15(5)6/h10-12,14H,7-9H2,1-6H3. The number of rotatable bonds is 8. The lowest BCUT2D eigenvalue weighted by molar-refractivity contribution is -0.131. The van der Waals surface area contributed by atoms with Gasteiger partial charge in [-0.1, -0.05) is 20.8 Å². The van der Waals surface area contributed by atoms with Crippen LogP contribution in [0.15, 0.2) is 0 Å². The summed E-state index contributed by atoms with van der Waals surface area (Å²) in [6.07, 6.45) is 0.702. The van der Waals surface area contributed by atoms with Crippen LogP contribution in [0, 0.1) is 5.92 Å². The van der Waals surface area contributed by atoms with E-state index in [-0.39, 0.29) is 29.5 Å². The highest BCUT2D eigenvalue weighted by molar-refractivity contribution is 7.91. The molecule has 2 unspecified atom stereocenters. The number of carbonyl (C=O) groups excluding carboxylic acids is 1. The van der Waals surface area contributed by atoms with E-state index in [1.54, 1.807) is 25.9 Å². The number of nitrogens with zero attached hydrogens (tertiary/aromatic N) is 1. The third-order valence-corrected chi connectivity index (χ3v) is 4.76. The van der Waals surface area contributed by atoms with Gasteiger partial charge in [0, 0.05) is 25.9 Å². The fourth-order valence-electron chi connectivity index (χ4n) is 1.91. The Morgan fingerprint density at radius 2 is 1.74 bits per heavy atom. The SMILES string of the molecule is CCS(=O)(=O)CC(C)NC(CC(C)C)C(=O)N(C)C. The Bertz CT molecular complexity index is 377. The Morgan fingerprint density at radius 1 is 1.21 bits per heavy atom. The maximum absolute atomic E-state index is 12.1. The number of amides is 1. The van der Waals surface area contributed by atoms with Crippen LogP contribution in [0.4, 0.5) is 0 Å². The number of hydrogen-bond acceptors (Lipinski definition) is 4. The van der Waals surface area contributed by atoms with E-state index in [0.717, 1.165) is 0 Å². The molecule has 0 radical (unpaired) electrons. The van der Waals surface area contributed by atoms with Crippen LogP contribution in [-0.2, 0) is 14.6 Å². The van der Waals surface area contributed by atoms with Crippen LogP contribution < -0.4 is 5.32 Å². The highest BCUT2D eigenvalue weighted by Gasteiger charge is 2.24. The van der Waals surface area contributed by atoms with E-state index in [9.17, 15) is 13.2 Å². The molecule has 19 heavy (non-hydrogen) atoms. The van der Waals surface area contributed by atoms with Crippen molar-refractivity contribution in [2.45, 2.75) is 46.2 Å². The largest absolute Gasteiger partial charge is 0.347 e. The summed E-state index contributed by atoms with van der Waals surface area (Å²) < 4.78 is 23.2. The highest BCUT2D eigenvalue weighted by Crippen LogP contribution is 2.08. The maximum Gasteiger partial charge on any atom is 0.239 e. The van der Waals surface area contributed by atoms with E-state index >= 15 is 0 Å². The van der Waals surface area contributed by atoms with Crippen molar-refractivity contribution < 1.29 is 13.2 Å². The molecule has 6 heteroatoms. The predicted octanol–water partition coefficient (Wildman–Crippen LogP) is 0.902. The molecule has 114 valence electrons. The van der Waals surface area contributed by atoms with E-state index in [2.05, 4.69) is 5.32 Å². The molecule has 0 aliphatic heterocycles. The van der Waals surface area contributed by atoms with Gasteiger partial charge in [-0.3, -0.25) is 4.79 Å². The Balaban J connectivity index is 4.68. The molecule has 0 fully saturated rings. The van der Waals surface area contributed by atoms with E-state index in [1.807, 2.05) is 20.8 Å². The Morgan fingerprint density at radius 3 is 2.11 bits per heavy atom. The zero-order valence-electron chi connectivity index (χ0n) is 12.9. The van der Waals surface area contributed by atoms with Gasteiger partial charge in [-0.25, -0.2) is 8.42 Å². The molecular formula is C13H28N2O3S. The smallest absolute Gasteiger partial charge is 0.239 e. The van der Waals surface area contributed by atoms with E-state index < -0.39 is 9.84 Å². The first-order chi connectivity index (χ1) is 8.59. The molecule has 0 aromatic carbocycles. The molecule has 0 rings (SSSR count). The lowest BCUT2D eigenvalue weighted by atomic mass is 10.0. The van der Waals surface area contributed by atoms with Gasteiger partial charge in [0.15, 0.2) is 9.84 Å². The molecule has 0 aliphatic rings. The molecule has 0 spiro atoms. The van der Waals surface area contributed by atoms with Crippen LogP contribution in [0.2, 0.25) is 0 Å². The zero-order chi connectivity index (χ0) is 15.2. The quantitative estimate of drug-likeness (QED) is 0.722. The predicted molar refractivity (Wildman–Crippen MR) is 78.9 cm³/mol. The van der Waals surface area contributed by atoms with Crippen LogP contribution in [-0.4, -0.2) is 56.9 Å². The van der Waals surface area contributed by atoms with Gasteiger partial charge < -0.3 is 10.2 Å². The van der Waals surface area contributed by atoms with Crippen molar-refractivity contribution in [1.29, 1.82) is 0 Å². The van der Waals surface area contributed by atoms with E-state index in [0.29, 0.717) is 12.3 Å². The first-order valence-electron chi connectivity index (χ1n) is 6.76. The van der Waals surface area contributed by atoms with E-state index in [4.69, 9.17) is 0 Å². The minimum absolute atomic E-state index is 0.00514. The van der Waals surface area contributed by atoms with Crippen LogP contribution in [0.3, 0.4) is 0 Å². The Labute approximate surface area is 117 Å². The molecule has 0 aliphatic carbocycles. The average molecular weight is 292 g/mol. The van der Waals surface area contributed by atoms with Gasteiger partial charge in [0.05, 0.1) is 11.8 Å². The van der Waals surface area contributed by atoms with Crippen molar-refractivity contribution in [3.8, 4) is 0 Å². The lowest BCUT2D eigenvalue weighted by Gasteiger charge is -2.26. The molecule has 0 bridgehead atoms. The average Bonchev–Trinajstić information content (AvgIpc) is 2.25. The fourth-order valence-corrected chi connectivity index (χ4v) is 3.01. The monoisotopic (exact) mass is 292 g/mol. The molecule has 1 N–H and O–H groups in total. The maximum atomic E-state index is 12.1. The fraction of sp³-hybridized carbons (Fsp3) is 0.923. The molecule has 0 saturated heterocycles. The summed E-state index contributed by atoms with van der Waals surface area (Å²) in [6, 6.07) is -0.547. The number of carbonyl (C=O) groups is 1. The van der Waals surface area contributed by atoms with Crippen LogP contribution in [0.1, 0.15) is 34.1 Å². The van der Waals surface area contributed by atoms with Gasteiger partial charge in [-0.2, -0.15) is 0 Å². The van der Waals surface area contributed by atoms with Gasteiger partial charge >= 0.3 is 0 Å².